The number of primary amides is 1. The fraction of sp³-hybridized carbons (Fsp3) is 0.385. The molecule has 2 saturated heterocycles. The molecule has 2 fully saturated rings. The van der Waals surface area contributed by atoms with E-state index in [1.807, 2.05) is 30.3 Å². The second-order valence-corrected chi connectivity index (χ2v) is 4.76. The van der Waals surface area contributed by atoms with Gasteiger partial charge in [0.25, 0.3) is 5.91 Å². The minimum atomic E-state index is -1.40. The summed E-state index contributed by atoms with van der Waals surface area (Å²) in [6.07, 6.45) is -3.99. The van der Waals surface area contributed by atoms with Gasteiger partial charge in [-0.25, -0.2) is 4.79 Å². The average Bonchev–Trinajstić information content (AvgIpc) is 2.96. The highest BCUT2D eigenvalue weighted by atomic mass is 16.6. The van der Waals surface area contributed by atoms with Gasteiger partial charge in [-0.15, -0.1) is 0 Å². The van der Waals surface area contributed by atoms with E-state index in [1.54, 1.807) is 0 Å². The number of nitrogens with zero attached hydrogens (tertiary/aromatic N) is 1. The van der Waals surface area contributed by atoms with E-state index in [4.69, 9.17) is 15.2 Å². The summed E-state index contributed by atoms with van der Waals surface area (Å²) in [6.45, 7) is 0.181. The molecule has 1 aromatic carbocycles. The molecule has 0 aromatic heterocycles. The molecule has 7 heteroatoms. The zero-order valence-electron chi connectivity index (χ0n) is 10.5. The highest BCUT2D eigenvalue weighted by Gasteiger charge is 2.56. The van der Waals surface area contributed by atoms with Gasteiger partial charge >= 0.3 is 6.09 Å². The number of carbonyl (C=O) groups is 2. The lowest BCUT2D eigenvalue weighted by Gasteiger charge is -2.22. The van der Waals surface area contributed by atoms with Gasteiger partial charge in [-0.3, -0.25) is 4.79 Å². The normalized spacial score (nSPS) is 32.2. The maximum absolute atomic E-state index is 12.1. The van der Waals surface area contributed by atoms with Crippen LogP contribution in [0.25, 0.3) is 0 Å². The monoisotopic (exact) mass is 278 g/mol. The number of nitrogens with two attached hydrogens (primary N) is 1. The van der Waals surface area contributed by atoms with Gasteiger partial charge in [0, 0.05) is 5.56 Å². The SMILES string of the molecule is NC(=O)O[C@@H]1C(O)C(=O)N2[C@H](c3ccccc3)OC[C@@H]12. The molecule has 0 spiro atoms. The van der Waals surface area contributed by atoms with E-state index in [-0.39, 0.29) is 6.61 Å². The van der Waals surface area contributed by atoms with E-state index in [2.05, 4.69) is 0 Å². The van der Waals surface area contributed by atoms with Crippen LogP contribution in [-0.4, -0.2) is 46.9 Å². The summed E-state index contributed by atoms with van der Waals surface area (Å²) < 4.78 is 10.4. The van der Waals surface area contributed by atoms with Gasteiger partial charge in [-0.05, 0) is 0 Å². The lowest BCUT2D eigenvalue weighted by Crippen LogP contribution is -2.39. The molecule has 1 aromatic rings. The molecule has 106 valence electrons. The van der Waals surface area contributed by atoms with Crippen LogP contribution < -0.4 is 5.73 Å². The number of hydrogen-bond donors (Lipinski definition) is 2. The summed E-state index contributed by atoms with van der Waals surface area (Å²) in [5.41, 5.74) is 5.77. The highest BCUT2D eigenvalue weighted by molar-refractivity contribution is 5.85. The Labute approximate surface area is 114 Å². The first-order valence-corrected chi connectivity index (χ1v) is 6.22. The van der Waals surface area contributed by atoms with Crippen molar-refractivity contribution in [3.05, 3.63) is 35.9 Å². The van der Waals surface area contributed by atoms with Crippen LogP contribution in [0.5, 0.6) is 0 Å². The number of amides is 2. The van der Waals surface area contributed by atoms with E-state index in [0.717, 1.165) is 5.56 Å². The Kier molecular flexibility index (Phi) is 3.07. The maximum Gasteiger partial charge on any atom is 0.404 e. The van der Waals surface area contributed by atoms with Crippen LogP contribution in [0.2, 0.25) is 0 Å². The molecule has 0 saturated carbocycles. The minimum Gasteiger partial charge on any atom is -0.441 e. The lowest BCUT2D eigenvalue weighted by molar-refractivity contribution is -0.142. The number of ether oxygens (including phenoxy) is 2. The number of fused-ring (bicyclic) bond motifs is 1. The zero-order valence-corrected chi connectivity index (χ0v) is 10.5. The second-order valence-electron chi connectivity index (χ2n) is 4.76. The van der Waals surface area contributed by atoms with Crippen LogP contribution in [0.4, 0.5) is 4.79 Å². The quantitative estimate of drug-likeness (QED) is 0.776. The molecule has 4 atom stereocenters. The van der Waals surface area contributed by atoms with Gasteiger partial charge in [0.1, 0.15) is 0 Å². The Balaban J connectivity index is 1.88. The molecular weight excluding hydrogens is 264 g/mol. The van der Waals surface area contributed by atoms with Gasteiger partial charge in [0.2, 0.25) is 0 Å². The summed E-state index contributed by atoms with van der Waals surface area (Å²) in [7, 11) is 0. The standard InChI is InChI=1S/C13H14N2O5/c14-13(18)20-10-8-6-19-12(7-4-2-1-3-5-7)15(8)11(17)9(10)16/h1-5,8-10,12,16H,6H2,(H2,14,18)/t8-,9?,10-,12-/m0/s1. The molecule has 0 bridgehead atoms. The van der Waals surface area contributed by atoms with Gasteiger partial charge in [0.05, 0.1) is 12.6 Å². The van der Waals surface area contributed by atoms with Crippen LogP contribution >= 0.6 is 0 Å². The molecule has 3 N–H and O–H groups in total. The molecule has 0 radical (unpaired) electrons. The van der Waals surface area contributed by atoms with Crippen molar-refractivity contribution in [1.82, 2.24) is 4.90 Å². The van der Waals surface area contributed by atoms with Crippen molar-refractivity contribution in [3.63, 3.8) is 0 Å². The largest absolute Gasteiger partial charge is 0.441 e. The first-order valence-electron chi connectivity index (χ1n) is 6.22. The molecular formula is C13H14N2O5. The van der Waals surface area contributed by atoms with Crippen molar-refractivity contribution in [2.45, 2.75) is 24.5 Å². The molecule has 7 nitrogen and oxygen atoms in total. The molecule has 2 amide bonds. The van der Waals surface area contributed by atoms with Crippen LogP contribution in [0.15, 0.2) is 30.3 Å². The highest BCUT2D eigenvalue weighted by Crippen LogP contribution is 2.38. The predicted octanol–water partition coefficient (Wildman–Crippen LogP) is -0.249. The predicted molar refractivity (Wildman–Crippen MR) is 66.2 cm³/mol. The zero-order chi connectivity index (χ0) is 14.3. The third kappa shape index (κ3) is 1.91. The van der Waals surface area contributed by atoms with Crippen molar-refractivity contribution in [2.75, 3.05) is 6.61 Å². The Bertz CT molecular complexity index is 535. The third-order valence-electron chi connectivity index (χ3n) is 3.57. The first-order chi connectivity index (χ1) is 9.59. The van der Waals surface area contributed by atoms with E-state index in [0.29, 0.717) is 0 Å². The van der Waals surface area contributed by atoms with E-state index >= 15 is 0 Å². The number of benzene rings is 1. The summed E-state index contributed by atoms with van der Waals surface area (Å²) in [4.78, 5) is 24.4. The van der Waals surface area contributed by atoms with Crippen molar-refractivity contribution in [2.24, 2.45) is 5.73 Å². The summed E-state index contributed by atoms with van der Waals surface area (Å²) in [5, 5.41) is 9.90. The van der Waals surface area contributed by atoms with Crippen LogP contribution in [0.1, 0.15) is 11.8 Å². The Hall–Kier alpha value is -2.12. The maximum atomic E-state index is 12.1. The molecule has 20 heavy (non-hydrogen) atoms. The average molecular weight is 278 g/mol. The van der Waals surface area contributed by atoms with E-state index < -0.39 is 36.5 Å². The second kappa shape index (κ2) is 4.77. The summed E-state index contributed by atoms with van der Waals surface area (Å²) in [5.74, 6) is -0.521. The Morgan fingerprint density at radius 2 is 2.10 bits per heavy atom. The third-order valence-corrected chi connectivity index (χ3v) is 3.57. The molecule has 2 aliphatic rings. The molecule has 2 aliphatic heterocycles. The van der Waals surface area contributed by atoms with E-state index in [1.165, 1.54) is 4.90 Å². The lowest BCUT2D eigenvalue weighted by atomic mass is 10.1. The minimum absolute atomic E-state index is 0.181. The smallest absolute Gasteiger partial charge is 0.404 e. The number of carbonyl (C=O) groups excluding carboxylic acids is 2. The Morgan fingerprint density at radius 1 is 1.40 bits per heavy atom. The Morgan fingerprint density at radius 3 is 2.75 bits per heavy atom. The fourth-order valence-electron chi connectivity index (χ4n) is 2.71. The van der Waals surface area contributed by atoms with Gasteiger partial charge in [-0.1, -0.05) is 30.3 Å². The van der Waals surface area contributed by atoms with Gasteiger partial charge in [0.15, 0.2) is 18.4 Å². The van der Waals surface area contributed by atoms with Crippen LogP contribution in [0.3, 0.4) is 0 Å². The van der Waals surface area contributed by atoms with E-state index in [9.17, 15) is 14.7 Å². The van der Waals surface area contributed by atoms with Crippen molar-refractivity contribution in [1.29, 1.82) is 0 Å². The molecule has 3 rings (SSSR count). The number of rotatable bonds is 2. The topological polar surface area (TPSA) is 102 Å². The first kappa shape index (κ1) is 12.9. The fourth-order valence-corrected chi connectivity index (χ4v) is 2.71. The van der Waals surface area contributed by atoms with Gasteiger partial charge in [-0.2, -0.15) is 0 Å². The molecule has 1 unspecified atom stereocenters. The molecule has 0 aliphatic carbocycles. The molecule has 2 heterocycles. The summed E-state index contributed by atoms with van der Waals surface area (Å²) >= 11 is 0. The number of aliphatic hydroxyl groups is 1. The summed E-state index contributed by atoms with van der Waals surface area (Å²) in [6, 6.07) is 8.66. The number of aliphatic hydroxyl groups excluding tert-OH is 1. The van der Waals surface area contributed by atoms with Crippen molar-refractivity contribution < 1.29 is 24.2 Å². The van der Waals surface area contributed by atoms with Crippen LogP contribution in [0, 0.1) is 0 Å². The van der Waals surface area contributed by atoms with Crippen molar-refractivity contribution in [3.8, 4) is 0 Å². The van der Waals surface area contributed by atoms with Crippen LogP contribution in [-0.2, 0) is 14.3 Å². The number of hydrogen-bond acceptors (Lipinski definition) is 5. The van der Waals surface area contributed by atoms with Crippen molar-refractivity contribution >= 4 is 12.0 Å². The van der Waals surface area contributed by atoms with Gasteiger partial charge < -0.3 is 25.2 Å².